The van der Waals surface area contributed by atoms with E-state index in [0.717, 1.165) is 22.0 Å². The summed E-state index contributed by atoms with van der Waals surface area (Å²) in [6.45, 7) is 8.97. The fourth-order valence-corrected chi connectivity index (χ4v) is 4.71. The van der Waals surface area contributed by atoms with Gasteiger partial charge in [0, 0.05) is 16.6 Å². The van der Waals surface area contributed by atoms with E-state index in [1.54, 1.807) is 39.5 Å². The molecular weight excluding hydrogens is 663 g/mol. The zero-order valence-corrected chi connectivity index (χ0v) is 29.4. The largest absolute Gasteiger partial charge is 4.00 e. The first-order chi connectivity index (χ1) is 17.9. The van der Waals surface area contributed by atoms with Crippen LogP contribution in [0.1, 0.15) is 68.0 Å². The summed E-state index contributed by atoms with van der Waals surface area (Å²) in [6.07, 6.45) is 0. The van der Waals surface area contributed by atoms with Gasteiger partial charge in [0.05, 0.1) is 0 Å². The van der Waals surface area contributed by atoms with Crippen molar-refractivity contribution in [2.75, 3.05) is 28.2 Å². The van der Waals surface area contributed by atoms with Crippen LogP contribution in [-0.2, 0) is 25.8 Å². The van der Waals surface area contributed by atoms with Crippen LogP contribution in [0.2, 0.25) is 0 Å². The van der Waals surface area contributed by atoms with Gasteiger partial charge in [-0.1, -0.05) is 123 Å². The van der Waals surface area contributed by atoms with Gasteiger partial charge in [-0.15, -0.1) is 17.0 Å². The average Bonchev–Trinajstić information content (AvgIpc) is 3.39. The molecule has 0 spiro atoms. The number of para-hydroxylation sites is 1. The van der Waals surface area contributed by atoms with Crippen molar-refractivity contribution in [1.29, 1.82) is 0 Å². The van der Waals surface area contributed by atoms with Gasteiger partial charge in [0.25, 0.3) is 0 Å². The van der Waals surface area contributed by atoms with Crippen LogP contribution in [0.4, 0.5) is 5.69 Å². The minimum atomic E-state index is -0.132. The summed E-state index contributed by atoms with van der Waals surface area (Å²) in [6, 6.07) is 27.4. The Kier molecular flexibility index (Phi) is 18.8. The minimum absolute atomic E-state index is 0. The van der Waals surface area contributed by atoms with Gasteiger partial charge in [-0.2, -0.15) is 28.2 Å². The van der Waals surface area contributed by atoms with Crippen LogP contribution in [0.15, 0.2) is 84.2 Å². The first kappa shape index (κ1) is 36.9. The van der Waals surface area contributed by atoms with Gasteiger partial charge in [0.1, 0.15) is 5.01 Å². The van der Waals surface area contributed by atoms with Crippen molar-refractivity contribution in [3.05, 3.63) is 130 Å². The normalized spacial score (nSPS) is 10.7. The Morgan fingerprint density at radius 3 is 1.59 bits per heavy atom. The zero-order valence-electron chi connectivity index (χ0n) is 25.0. The second-order valence-electron chi connectivity index (χ2n) is 9.37. The number of benzene rings is 3. The summed E-state index contributed by atoms with van der Waals surface area (Å²) in [5, 5.41) is 15.6. The molecule has 0 amide bonds. The predicted molar refractivity (Wildman–Crippen MR) is 170 cm³/mol. The maximum absolute atomic E-state index is 5.39. The molecule has 1 heterocycles. The molecule has 0 aliphatic heterocycles. The molecule has 0 saturated heterocycles. The van der Waals surface area contributed by atoms with E-state index in [4.69, 9.17) is 10.3 Å². The van der Waals surface area contributed by atoms with E-state index in [2.05, 4.69) is 117 Å². The topological polar surface area (TPSA) is 55.2 Å². The summed E-state index contributed by atoms with van der Waals surface area (Å²) < 4.78 is 0. The number of rotatable bonds is 7. The van der Waals surface area contributed by atoms with E-state index in [1.807, 2.05) is 6.07 Å². The molecule has 1 unspecified atom stereocenters. The van der Waals surface area contributed by atoms with Crippen LogP contribution in [0.3, 0.4) is 0 Å². The maximum atomic E-state index is 5.39. The molecule has 0 fully saturated rings. The monoisotopic (exact) mass is 708 g/mol. The third kappa shape index (κ3) is 11.1. The smallest absolute Gasteiger partial charge is 0.673 e. The van der Waals surface area contributed by atoms with Gasteiger partial charge in [-0.05, 0) is 17.9 Å². The second-order valence-corrected chi connectivity index (χ2v) is 10.2. The Morgan fingerprint density at radius 2 is 1.13 bits per heavy atom. The number of aromatic nitrogens is 1. The first-order valence-electron chi connectivity index (χ1n) is 12.7. The molecule has 6 heteroatoms. The molecule has 0 saturated carbocycles. The SMILES string of the molecule is CC(C)c1cccc(C(C)C)c1[N-]C(c1ccccc1)c1csc(-c2ccccc2)n1.C[N-]C.C[N-]C.[CH3-].[Hf+4]. The van der Waals surface area contributed by atoms with Crippen molar-refractivity contribution in [2.24, 2.45) is 0 Å². The minimum Gasteiger partial charge on any atom is -0.673 e. The fraction of sp³-hybridized carbons (Fsp3) is 0.333. The van der Waals surface area contributed by atoms with Crippen molar-refractivity contribution in [2.45, 2.75) is 45.6 Å². The molecular formula is C33H44HfN4S. The van der Waals surface area contributed by atoms with Crippen LogP contribution in [0.25, 0.3) is 26.5 Å². The molecule has 206 valence electrons. The molecule has 0 aliphatic carbocycles. The van der Waals surface area contributed by atoms with E-state index in [9.17, 15) is 0 Å². The zero-order chi connectivity index (χ0) is 27.2. The van der Waals surface area contributed by atoms with Gasteiger partial charge in [-0.3, -0.25) is 0 Å². The number of hydrogen-bond donors (Lipinski definition) is 0. The van der Waals surface area contributed by atoms with Crippen LogP contribution in [0, 0.1) is 7.43 Å². The molecule has 1 atom stereocenters. The van der Waals surface area contributed by atoms with Crippen molar-refractivity contribution >= 4 is 17.0 Å². The standard InChI is InChI=1S/C28H29N2S.2C2H6N.CH3.Hf/c1-19(2)23-16-11-17-24(20(3)4)27(23)30-26(21-12-7-5-8-13-21)25-18-31-28(29-25)22-14-9-6-10-15-22;2*1-3-2;;/h5-20,26H,1-4H3;2*1-2H3;1H3;/q4*-1;+4. The molecule has 4 aromatic rings. The van der Waals surface area contributed by atoms with E-state index in [0.29, 0.717) is 11.8 Å². The summed E-state index contributed by atoms with van der Waals surface area (Å²) >= 11 is 1.69. The molecule has 4 nitrogen and oxygen atoms in total. The Labute approximate surface area is 260 Å². The fourth-order valence-electron chi connectivity index (χ4n) is 3.86. The van der Waals surface area contributed by atoms with Crippen LogP contribution in [0.5, 0.6) is 0 Å². The first-order valence-corrected chi connectivity index (χ1v) is 13.6. The van der Waals surface area contributed by atoms with E-state index < -0.39 is 0 Å². The number of hydrogen-bond acceptors (Lipinski definition) is 2. The average molecular weight is 707 g/mol. The third-order valence-corrected chi connectivity index (χ3v) is 6.45. The maximum Gasteiger partial charge on any atom is 4.00 e. The molecule has 4 rings (SSSR count). The van der Waals surface area contributed by atoms with Crippen molar-refractivity contribution in [3.63, 3.8) is 0 Å². The van der Waals surface area contributed by atoms with Gasteiger partial charge < -0.3 is 23.4 Å². The molecule has 39 heavy (non-hydrogen) atoms. The van der Waals surface area contributed by atoms with Gasteiger partial charge in [-0.25, -0.2) is 4.98 Å². The molecule has 0 aliphatic rings. The quantitative estimate of drug-likeness (QED) is 0.139. The number of nitrogens with zero attached hydrogens (tertiary/aromatic N) is 4. The third-order valence-electron chi connectivity index (χ3n) is 5.54. The molecule has 0 bridgehead atoms. The summed E-state index contributed by atoms with van der Waals surface area (Å²) in [7, 11) is 7.00. The Bertz CT molecular complexity index is 1130. The second kappa shape index (κ2) is 19.9. The van der Waals surface area contributed by atoms with E-state index in [1.165, 1.54) is 16.7 Å². The summed E-state index contributed by atoms with van der Waals surface area (Å²) in [5.74, 6) is 0.813. The van der Waals surface area contributed by atoms with Crippen molar-refractivity contribution in [1.82, 2.24) is 4.98 Å². The molecule has 0 radical (unpaired) electrons. The van der Waals surface area contributed by atoms with Crippen LogP contribution < -0.4 is 0 Å². The van der Waals surface area contributed by atoms with Crippen molar-refractivity contribution < 1.29 is 25.8 Å². The van der Waals surface area contributed by atoms with Gasteiger partial charge in [0.15, 0.2) is 0 Å². The van der Waals surface area contributed by atoms with E-state index >= 15 is 0 Å². The predicted octanol–water partition coefficient (Wildman–Crippen LogP) is 10.5. The summed E-state index contributed by atoms with van der Waals surface area (Å²) in [4.78, 5) is 5.03. The van der Waals surface area contributed by atoms with Crippen molar-refractivity contribution in [3.8, 4) is 10.6 Å². The molecule has 3 aromatic carbocycles. The summed E-state index contributed by atoms with van der Waals surface area (Å²) in [5.41, 5.74) is 7.03. The van der Waals surface area contributed by atoms with Gasteiger partial charge in [0.2, 0.25) is 0 Å². The molecule has 0 N–H and O–H groups in total. The van der Waals surface area contributed by atoms with Crippen LogP contribution in [-0.4, -0.2) is 33.2 Å². The van der Waals surface area contributed by atoms with Crippen LogP contribution >= 0.6 is 11.3 Å². The Hall–Kier alpha value is -2.12. The Morgan fingerprint density at radius 1 is 0.667 bits per heavy atom. The molecule has 1 aromatic heterocycles. The van der Waals surface area contributed by atoms with E-state index in [-0.39, 0.29) is 39.3 Å². The number of thiazole rings is 1. The van der Waals surface area contributed by atoms with Gasteiger partial charge >= 0.3 is 25.8 Å². The Balaban J connectivity index is 0.00000166.